The minimum atomic E-state index is -4.56. The highest BCUT2D eigenvalue weighted by Gasteiger charge is 2.41. The van der Waals surface area contributed by atoms with Crippen molar-refractivity contribution in [2.45, 2.75) is 51.5 Å². The third-order valence-corrected chi connectivity index (χ3v) is 2.38. The summed E-state index contributed by atoms with van der Waals surface area (Å²) < 4.78 is 50.1. The zero-order valence-corrected chi connectivity index (χ0v) is 11.0. The molecule has 0 N–H and O–H groups in total. The highest BCUT2D eigenvalue weighted by Crippen LogP contribution is 2.43. The summed E-state index contributed by atoms with van der Waals surface area (Å²) >= 11 is 0. The predicted molar refractivity (Wildman–Crippen MR) is 63.3 cm³/mol. The topological polar surface area (TPSA) is 31.4 Å². The van der Waals surface area contributed by atoms with Gasteiger partial charge in [-0.2, -0.15) is 13.2 Å². The number of hydrogen-bond acceptors (Lipinski definition) is 3. The minimum Gasteiger partial charge on any atom is -0.490 e. The summed E-state index contributed by atoms with van der Waals surface area (Å²) in [5, 5.41) is 0. The van der Waals surface area contributed by atoms with E-state index in [9.17, 15) is 13.2 Å². The van der Waals surface area contributed by atoms with Crippen molar-refractivity contribution in [3.05, 3.63) is 17.8 Å². The SMILES string of the molecule is CC(C)(C)Oc1nccc(OC2CC2)c1C(F)(F)F. The number of hydrogen-bond donors (Lipinski definition) is 0. The first kappa shape index (κ1) is 14.0. The van der Waals surface area contributed by atoms with E-state index in [1.54, 1.807) is 20.8 Å². The van der Waals surface area contributed by atoms with Gasteiger partial charge < -0.3 is 9.47 Å². The fourth-order valence-electron chi connectivity index (χ4n) is 1.52. The lowest BCUT2D eigenvalue weighted by atomic mass is 10.2. The van der Waals surface area contributed by atoms with Crippen LogP contribution in [-0.2, 0) is 6.18 Å². The molecular formula is C13H16F3NO2. The van der Waals surface area contributed by atoms with Gasteiger partial charge in [0.05, 0.1) is 6.10 Å². The second-order valence-corrected chi connectivity index (χ2v) is 5.52. The number of pyridine rings is 1. The molecule has 0 aliphatic heterocycles. The molecule has 0 bridgehead atoms. The number of alkyl halides is 3. The van der Waals surface area contributed by atoms with Crippen LogP contribution in [0.4, 0.5) is 13.2 Å². The highest BCUT2D eigenvalue weighted by molar-refractivity contribution is 5.42. The smallest absolute Gasteiger partial charge is 0.425 e. The van der Waals surface area contributed by atoms with Crippen LogP contribution in [0.15, 0.2) is 12.3 Å². The predicted octanol–water partition coefficient (Wildman–Crippen LogP) is 3.82. The zero-order chi connectivity index (χ0) is 14.3. The van der Waals surface area contributed by atoms with Crippen molar-refractivity contribution in [2.24, 2.45) is 0 Å². The number of nitrogens with zero attached hydrogens (tertiary/aromatic N) is 1. The Labute approximate surface area is 109 Å². The van der Waals surface area contributed by atoms with Crippen LogP contribution in [-0.4, -0.2) is 16.7 Å². The van der Waals surface area contributed by atoms with Gasteiger partial charge in [0.25, 0.3) is 0 Å². The Balaban J connectivity index is 2.40. The lowest BCUT2D eigenvalue weighted by Crippen LogP contribution is -2.26. The molecule has 0 unspecified atom stereocenters. The fraction of sp³-hybridized carbons (Fsp3) is 0.615. The van der Waals surface area contributed by atoms with E-state index in [1.807, 2.05) is 0 Å². The van der Waals surface area contributed by atoms with Crippen molar-refractivity contribution in [1.29, 1.82) is 0 Å². The summed E-state index contributed by atoms with van der Waals surface area (Å²) in [5.74, 6) is -0.637. The molecule has 1 aliphatic carbocycles. The van der Waals surface area contributed by atoms with Crippen LogP contribution < -0.4 is 9.47 Å². The van der Waals surface area contributed by atoms with Crippen molar-refractivity contribution in [3.63, 3.8) is 0 Å². The van der Waals surface area contributed by atoms with Crippen molar-refractivity contribution >= 4 is 0 Å². The molecule has 0 atom stereocenters. The van der Waals surface area contributed by atoms with Crippen molar-refractivity contribution in [2.75, 3.05) is 0 Å². The molecular weight excluding hydrogens is 259 g/mol. The molecule has 1 fully saturated rings. The molecule has 2 rings (SSSR count). The molecule has 1 aliphatic rings. The Hall–Kier alpha value is -1.46. The lowest BCUT2D eigenvalue weighted by Gasteiger charge is -2.24. The standard InChI is InChI=1S/C13H16F3NO2/c1-12(2,3)19-11-10(13(14,15)16)9(6-7-17-11)18-8-4-5-8/h6-8H,4-5H2,1-3H3. The summed E-state index contributed by atoms with van der Waals surface area (Å²) in [4.78, 5) is 3.70. The van der Waals surface area contributed by atoms with Gasteiger partial charge in [-0.3, -0.25) is 0 Å². The molecule has 1 aromatic rings. The van der Waals surface area contributed by atoms with Gasteiger partial charge in [-0.15, -0.1) is 0 Å². The molecule has 1 heterocycles. The molecule has 19 heavy (non-hydrogen) atoms. The molecule has 0 amide bonds. The van der Waals surface area contributed by atoms with Crippen molar-refractivity contribution < 1.29 is 22.6 Å². The van der Waals surface area contributed by atoms with E-state index in [0.717, 1.165) is 12.8 Å². The van der Waals surface area contributed by atoms with Gasteiger partial charge >= 0.3 is 6.18 Å². The molecule has 0 radical (unpaired) electrons. The minimum absolute atomic E-state index is 0.119. The summed E-state index contributed by atoms with van der Waals surface area (Å²) in [5.41, 5.74) is -1.69. The van der Waals surface area contributed by atoms with E-state index in [1.165, 1.54) is 12.3 Å². The van der Waals surface area contributed by atoms with Gasteiger partial charge in [-0.25, -0.2) is 4.98 Å². The number of halogens is 3. The van der Waals surface area contributed by atoms with Crippen molar-refractivity contribution in [1.82, 2.24) is 4.98 Å². The second-order valence-electron chi connectivity index (χ2n) is 5.52. The number of aromatic nitrogens is 1. The Morgan fingerprint density at radius 3 is 2.32 bits per heavy atom. The molecule has 0 spiro atoms. The van der Waals surface area contributed by atoms with E-state index >= 15 is 0 Å². The Bertz CT molecular complexity index is 462. The number of rotatable bonds is 3. The van der Waals surface area contributed by atoms with E-state index in [0.29, 0.717) is 0 Å². The zero-order valence-electron chi connectivity index (χ0n) is 11.0. The maximum Gasteiger partial charge on any atom is 0.425 e. The first-order valence-corrected chi connectivity index (χ1v) is 6.09. The van der Waals surface area contributed by atoms with E-state index in [4.69, 9.17) is 9.47 Å². The normalized spacial score (nSPS) is 16.3. The third-order valence-electron chi connectivity index (χ3n) is 2.38. The maximum absolute atomic E-state index is 13.2. The van der Waals surface area contributed by atoms with Crippen LogP contribution in [0.25, 0.3) is 0 Å². The van der Waals surface area contributed by atoms with Crippen LogP contribution in [0.2, 0.25) is 0 Å². The summed E-state index contributed by atoms with van der Waals surface area (Å²) in [7, 11) is 0. The van der Waals surface area contributed by atoms with Crippen LogP contribution in [0.5, 0.6) is 11.6 Å². The Morgan fingerprint density at radius 1 is 1.21 bits per heavy atom. The van der Waals surface area contributed by atoms with Gasteiger partial charge in [0.2, 0.25) is 5.88 Å². The van der Waals surface area contributed by atoms with Crippen LogP contribution in [0, 0.1) is 0 Å². The molecule has 6 heteroatoms. The average Bonchev–Trinajstić information content (AvgIpc) is 2.97. The first-order chi connectivity index (χ1) is 8.67. The molecule has 0 saturated heterocycles. The van der Waals surface area contributed by atoms with Gasteiger partial charge in [0.15, 0.2) is 5.56 Å². The van der Waals surface area contributed by atoms with E-state index in [2.05, 4.69) is 4.98 Å². The largest absolute Gasteiger partial charge is 0.490 e. The second kappa shape index (κ2) is 4.58. The fourth-order valence-corrected chi connectivity index (χ4v) is 1.52. The highest BCUT2D eigenvalue weighted by atomic mass is 19.4. The van der Waals surface area contributed by atoms with Crippen LogP contribution >= 0.6 is 0 Å². The van der Waals surface area contributed by atoms with Gasteiger partial charge in [-0.1, -0.05) is 0 Å². The molecule has 3 nitrogen and oxygen atoms in total. The van der Waals surface area contributed by atoms with Crippen LogP contribution in [0.3, 0.4) is 0 Å². The lowest BCUT2D eigenvalue weighted by molar-refractivity contribution is -0.141. The molecule has 106 valence electrons. The van der Waals surface area contributed by atoms with Gasteiger partial charge in [0.1, 0.15) is 11.4 Å². The van der Waals surface area contributed by atoms with E-state index < -0.39 is 23.2 Å². The molecule has 1 saturated carbocycles. The van der Waals surface area contributed by atoms with Gasteiger partial charge in [0, 0.05) is 6.20 Å². The number of ether oxygens (including phenoxy) is 2. The monoisotopic (exact) mass is 275 g/mol. The van der Waals surface area contributed by atoms with Crippen LogP contribution in [0.1, 0.15) is 39.2 Å². The van der Waals surface area contributed by atoms with Crippen molar-refractivity contribution in [3.8, 4) is 11.6 Å². The maximum atomic E-state index is 13.2. The Kier molecular flexibility index (Phi) is 3.36. The third kappa shape index (κ3) is 3.75. The average molecular weight is 275 g/mol. The Morgan fingerprint density at radius 2 is 1.84 bits per heavy atom. The van der Waals surface area contributed by atoms with Gasteiger partial charge in [-0.05, 0) is 39.7 Å². The van der Waals surface area contributed by atoms with E-state index in [-0.39, 0.29) is 11.9 Å². The molecule has 1 aromatic heterocycles. The first-order valence-electron chi connectivity index (χ1n) is 6.09. The quantitative estimate of drug-likeness (QED) is 0.840. The summed E-state index contributed by atoms with van der Waals surface area (Å²) in [6.07, 6.45) is -1.83. The summed E-state index contributed by atoms with van der Waals surface area (Å²) in [6, 6.07) is 1.23. The summed E-state index contributed by atoms with van der Waals surface area (Å²) in [6.45, 7) is 5.01. The molecule has 0 aromatic carbocycles.